The van der Waals surface area contributed by atoms with Crippen molar-refractivity contribution < 1.29 is 13.6 Å². The molecule has 1 N–H and O–H groups in total. The summed E-state index contributed by atoms with van der Waals surface area (Å²) < 4.78 is 27.4. The lowest BCUT2D eigenvalue weighted by atomic mass is 10.1. The third-order valence-corrected chi connectivity index (χ3v) is 4.42. The van der Waals surface area contributed by atoms with Crippen molar-refractivity contribution >= 4 is 22.5 Å². The number of amides is 1. The minimum atomic E-state index is -0.963. The van der Waals surface area contributed by atoms with Crippen LogP contribution in [0.1, 0.15) is 16.1 Å². The number of nitrogens with zero attached hydrogens (tertiary/aromatic N) is 2. The number of anilines is 1. The molecule has 4 aromatic rings. The summed E-state index contributed by atoms with van der Waals surface area (Å²) in [6, 6.07) is 16.2. The van der Waals surface area contributed by atoms with E-state index in [4.69, 9.17) is 0 Å². The van der Waals surface area contributed by atoms with Crippen molar-refractivity contribution in [2.45, 2.75) is 6.92 Å². The maximum absolute atomic E-state index is 14.0. The van der Waals surface area contributed by atoms with E-state index in [1.54, 1.807) is 31.3 Å². The van der Waals surface area contributed by atoms with E-state index >= 15 is 0 Å². The molecule has 0 saturated carbocycles. The van der Waals surface area contributed by atoms with Crippen LogP contribution < -0.4 is 5.32 Å². The number of halogens is 2. The van der Waals surface area contributed by atoms with Gasteiger partial charge < -0.3 is 5.32 Å². The van der Waals surface area contributed by atoms with Crippen LogP contribution in [0.2, 0.25) is 0 Å². The largest absolute Gasteiger partial charge is 0.322 e. The average molecular weight is 375 g/mol. The van der Waals surface area contributed by atoms with Crippen LogP contribution in [0.25, 0.3) is 22.2 Å². The molecule has 0 radical (unpaired) electrons. The quantitative estimate of drug-likeness (QED) is 0.540. The number of pyridine rings is 2. The van der Waals surface area contributed by atoms with Gasteiger partial charge in [-0.15, -0.1) is 0 Å². The molecular weight excluding hydrogens is 360 g/mol. The van der Waals surface area contributed by atoms with E-state index in [0.29, 0.717) is 16.9 Å². The highest BCUT2D eigenvalue weighted by molar-refractivity contribution is 6.05. The number of nitrogens with one attached hydrogen (secondary N) is 1. The van der Waals surface area contributed by atoms with Crippen molar-refractivity contribution in [3.8, 4) is 11.3 Å². The van der Waals surface area contributed by atoms with Crippen molar-refractivity contribution in [3.05, 3.63) is 89.8 Å². The molecule has 0 aliphatic heterocycles. The fourth-order valence-electron chi connectivity index (χ4n) is 3.00. The molecule has 0 atom stereocenters. The summed E-state index contributed by atoms with van der Waals surface area (Å²) in [7, 11) is 0. The van der Waals surface area contributed by atoms with Crippen LogP contribution in [-0.2, 0) is 0 Å². The molecular formula is C22H15F2N3O. The van der Waals surface area contributed by atoms with Gasteiger partial charge in [-0.05, 0) is 49.4 Å². The zero-order valence-electron chi connectivity index (χ0n) is 14.9. The van der Waals surface area contributed by atoms with E-state index in [1.807, 2.05) is 18.2 Å². The normalized spacial score (nSPS) is 10.8. The molecule has 2 aromatic carbocycles. The van der Waals surface area contributed by atoms with Crippen LogP contribution in [-0.4, -0.2) is 15.9 Å². The topological polar surface area (TPSA) is 54.9 Å². The second-order valence-electron chi connectivity index (χ2n) is 6.30. The molecule has 4 nitrogen and oxygen atoms in total. The Morgan fingerprint density at radius 3 is 2.68 bits per heavy atom. The second-order valence-corrected chi connectivity index (χ2v) is 6.30. The summed E-state index contributed by atoms with van der Waals surface area (Å²) >= 11 is 0. The Hall–Kier alpha value is -3.67. The minimum Gasteiger partial charge on any atom is -0.322 e. The van der Waals surface area contributed by atoms with Crippen molar-refractivity contribution in [1.29, 1.82) is 0 Å². The van der Waals surface area contributed by atoms with E-state index in [1.165, 1.54) is 18.2 Å². The summed E-state index contributed by atoms with van der Waals surface area (Å²) in [5, 5.41) is 3.79. The number of fused-ring (bicyclic) bond motifs is 1. The number of carbonyl (C=O) groups excluding carboxylic acids is 1. The Kier molecular flexibility index (Phi) is 4.53. The van der Waals surface area contributed by atoms with E-state index in [2.05, 4.69) is 15.3 Å². The second kappa shape index (κ2) is 7.15. The van der Waals surface area contributed by atoms with Gasteiger partial charge in [-0.3, -0.25) is 14.8 Å². The van der Waals surface area contributed by atoms with Crippen molar-refractivity contribution in [2.75, 3.05) is 5.32 Å². The first-order valence-electron chi connectivity index (χ1n) is 8.61. The number of aromatic nitrogens is 2. The molecule has 0 spiro atoms. The first-order valence-corrected chi connectivity index (χ1v) is 8.61. The van der Waals surface area contributed by atoms with Gasteiger partial charge >= 0.3 is 0 Å². The molecule has 0 bridgehead atoms. The highest BCUT2D eigenvalue weighted by Crippen LogP contribution is 2.24. The molecule has 0 unspecified atom stereocenters. The maximum atomic E-state index is 14.0. The van der Waals surface area contributed by atoms with Gasteiger partial charge in [0.05, 0.1) is 22.5 Å². The maximum Gasteiger partial charge on any atom is 0.257 e. The smallest absolute Gasteiger partial charge is 0.257 e. The molecule has 0 saturated heterocycles. The zero-order chi connectivity index (χ0) is 19.7. The molecule has 2 heterocycles. The van der Waals surface area contributed by atoms with E-state index in [9.17, 15) is 13.6 Å². The van der Waals surface area contributed by atoms with Gasteiger partial charge in [0, 0.05) is 22.8 Å². The van der Waals surface area contributed by atoms with Gasteiger partial charge in [-0.25, -0.2) is 8.78 Å². The number of aryl methyl sites for hydroxylation is 1. The van der Waals surface area contributed by atoms with E-state index in [0.717, 1.165) is 17.0 Å². The van der Waals surface area contributed by atoms with Crippen LogP contribution >= 0.6 is 0 Å². The van der Waals surface area contributed by atoms with E-state index in [-0.39, 0.29) is 17.2 Å². The Balaban J connectivity index is 1.61. The third kappa shape index (κ3) is 3.32. The van der Waals surface area contributed by atoms with Gasteiger partial charge in [0.1, 0.15) is 0 Å². The third-order valence-electron chi connectivity index (χ3n) is 4.42. The van der Waals surface area contributed by atoms with Crippen molar-refractivity contribution in [3.63, 3.8) is 0 Å². The highest BCUT2D eigenvalue weighted by atomic mass is 19.2. The molecule has 0 aliphatic rings. The van der Waals surface area contributed by atoms with E-state index < -0.39 is 11.6 Å². The molecule has 1 amide bonds. The molecule has 0 aliphatic carbocycles. The summed E-state index contributed by atoms with van der Waals surface area (Å²) in [6.07, 6.45) is 1.69. The molecule has 4 rings (SSSR count). The molecule has 2 aromatic heterocycles. The number of benzene rings is 2. The number of hydrogen-bond acceptors (Lipinski definition) is 3. The van der Waals surface area contributed by atoms with Gasteiger partial charge in [-0.2, -0.15) is 0 Å². The standard InChI is InChI=1S/C22H15F2N3O/c1-13-16(9-10-19(26-13)17-5-2-6-18(23)21(17)24)22(28)27-15-8-7-14-4-3-11-25-20(14)12-15/h2-12H,1H3,(H,27,28). The summed E-state index contributed by atoms with van der Waals surface area (Å²) in [4.78, 5) is 21.2. The minimum absolute atomic E-state index is 0.0515. The average Bonchev–Trinajstić information content (AvgIpc) is 2.70. The first-order chi connectivity index (χ1) is 13.5. The Morgan fingerprint density at radius 2 is 1.86 bits per heavy atom. The van der Waals surface area contributed by atoms with Crippen LogP contribution in [0, 0.1) is 18.6 Å². The molecule has 138 valence electrons. The fourth-order valence-corrected chi connectivity index (χ4v) is 3.00. The van der Waals surface area contributed by atoms with Gasteiger partial charge in [0.15, 0.2) is 11.6 Å². The Morgan fingerprint density at radius 1 is 1.00 bits per heavy atom. The van der Waals surface area contributed by atoms with Gasteiger partial charge in [-0.1, -0.05) is 18.2 Å². The van der Waals surface area contributed by atoms with Gasteiger partial charge in [0.2, 0.25) is 0 Å². The summed E-state index contributed by atoms with van der Waals surface area (Å²) in [5.41, 5.74) is 2.46. The van der Waals surface area contributed by atoms with Crippen LogP contribution in [0.5, 0.6) is 0 Å². The Bertz CT molecular complexity index is 1210. The van der Waals surface area contributed by atoms with Crippen LogP contribution in [0.15, 0.2) is 66.9 Å². The molecule has 6 heteroatoms. The Labute approximate surface area is 159 Å². The van der Waals surface area contributed by atoms with Gasteiger partial charge in [0.25, 0.3) is 5.91 Å². The predicted molar refractivity (Wildman–Crippen MR) is 104 cm³/mol. The number of rotatable bonds is 3. The van der Waals surface area contributed by atoms with Crippen molar-refractivity contribution in [2.24, 2.45) is 0 Å². The first kappa shape index (κ1) is 17.7. The highest BCUT2D eigenvalue weighted by Gasteiger charge is 2.15. The molecule has 28 heavy (non-hydrogen) atoms. The summed E-state index contributed by atoms with van der Waals surface area (Å²) in [6.45, 7) is 1.65. The predicted octanol–water partition coefficient (Wildman–Crippen LogP) is 5.14. The SMILES string of the molecule is Cc1nc(-c2cccc(F)c2F)ccc1C(=O)Nc1ccc2cccnc2c1. The number of carbonyl (C=O) groups is 1. The van der Waals surface area contributed by atoms with Crippen molar-refractivity contribution in [1.82, 2.24) is 9.97 Å². The lowest BCUT2D eigenvalue weighted by Crippen LogP contribution is -2.14. The fraction of sp³-hybridized carbons (Fsp3) is 0.0455. The molecule has 0 fully saturated rings. The monoisotopic (exact) mass is 375 g/mol. The summed E-state index contributed by atoms with van der Waals surface area (Å²) in [5.74, 6) is -2.24. The zero-order valence-corrected chi connectivity index (χ0v) is 14.9. The van der Waals surface area contributed by atoms with Crippen LogP contribution in [0.4, 0.5) is 14.5 Å². The lowest BCUT2D eigenvalue weighted by molar-refractivity contribution is 0.102. The number of hydrogen-bond donors (Lipinski definition) is 1. The van der Waals surface area contributed by atoms with Crippen LogP contribution in [0.3, 0.4) is 0 Å². The lowest BCUT2D eigenvalue weighted by Gasteiger charge is -2.10.